The second-order valence-corrected chi connectivity index (χ2v) is 5.04. The van der Waals surface area contributed by atoms with Crippen LogP contribution in [-0.4, -0.2) is 38.8 Å². The van der Waals surface area contributed by atoms with Gasteiger partial charge < -0.3 is 9.47 Å². The number of methoxy groups -OCH3 is 1. The molecule has 0 N–H and O–H groups in total. The van der Waals surface area contributed by atoms with Crippen molar-refractivity contribution in [1.29, 1.82) is 0 Å². The molecule has 0 amide bonds. The number of nitro groups is 1. The van der Waals surface area contributed by atoms with Crippen molar-refractivity contribution in [2.45, 2.75) is 6.54 Å². The molecule has 0 radical (unpaired) electrons. The van der Waals surface area contributed by atoms with Crippen molar-refractivity contribution in [2.75, 3.05) is 13.7 Å². The summed E-state index contributed by atoms with van der Waals surface area (Å²) in [4.78, 5) is 11.7. The normalized spacial score (nSPS) is 10.4. The molecule has 0 aliphatic carbocycles. The third-order valence-electron chi connectivity index (χ3n) is 3.37. The van der Waals surface area contributed by atoms with Gasteiger partial charge in [0.1, 0.15) is 18.1 Å². The van der Waals surface area contributed by atoms with E-state index in [1.54, 1.807) is 19.2 Å². The quantitative estimate of drug-likeness (QED) is 0.479. The average Bonchev–Trinajstić information content (AvgIpc) is 3.11. The molecule has 9 heteroatoms. The van der Waals surface area contributed by atoms with Gasteiger partial charge in [0, 0.05) is 11.6 Å². The highest BCUT2D eigenvalue weighted by atomic mass is 16.6. The van der Waals surface area contributed by atoms with E-state index in [9.17, 15) is 10.1 Å². The molecule has 2 aromatic carbocycles. The lowest BCUT2D eigenvalue weighted by Crippen LogP contribution is -2.11. The molecule has 0 spiro atoms. The van der Waals surface area contributed by atoms with Crippen molar-refractivity contribution >= 4 is 5.69 Å². The van der Waals surface area contributed by atoms with Crippen molar-refractivity contribution in [3.05, 3.63) is 58.6 Å². The first kappa shape index (κ1) is 16.4. The second kappa shape index (κ2) is 7.39. The molecule has 0 fully saturated rings. The first-order valence-electron chi connectivity index (χ1n) is 7.45. The number of tetrazole rings is 1. The van der Waals surface area contributed by atoms with Crippen LogP contribution in [-0.2, 0) is 6.54 Å². The molecule has 9 nitrogen and oxygen atoms in total. The highest BCUT2D eigenvalue weighted by Crippen LogP contribution is 2.20. The van der Waals surface area contributed by atoms with Gasteiger partial charge in [-0.3, -0.25) is 10.1 Å². The topological polar surface area (TPSA) is 105 Å². The molecule has 25 heavy (non-hydrogen) atoms. The zero-order chi connectivity index (χ0) is 17.6. The Balaban J connectivity index is 1.60. The number of ether oxygens (including phenoxy) is 2. The number of nitro benzene ring substituents is 1. The van der Waals surface area contributed by atoms with E-state index in [1.807, 2.05) is 24.3 Å². The maximum Gasteiger partial charge on any atom is 0.273 e. The van der Waals surface area contributed by atoms with Gasteiger partial charge in [0.15, 0.2) is 0 Å². The van der Waals surface area contributed by atoms with E-state index in [-0.39, 0.29) is 12.3 Å². The van der Waals surface area contributed by atoms with Crippen LogP contribution in [0.15, 0.2) is 48.5 Å². The first-order chi connectivity index (χ1) is 12.2. The van der Waals surface area contributed by atoms with E-state index in [0.717, 1.165) is 5.56 Å². The number of hydrogen-bond donors (Lipinski definition) is 0. The first-order valence-corrected chi connectivity index (χ1v) is 7.45. The molecule has 0 aliphatic rings. The van der Waals surface area contributed by atoms with Crippen LogP contribution >= 0.6 is 0 Å². The van der Waals surface area contributed by atoms with Crippen molar-refractivity contribution in [2.24, 2.45) is 0 Å². The van der Waals surface area contributed by atoms with Gasteiger partial charge in [0.25, 0.3) is 5.69 Å². The lowest BCUT2D eigenvalue weighted by atomic mass is 10.2. The smallest absolute Gasteiger partial charge is 0.273 e. The van der Waals surface area contributed by atoms with Gasteiger partial charge in [-0.05, 0) is 23.4 Å². The molecule has 0 bridgehead atoms. The van der Waals surface area contributed by atoms with E-state index >= 15 is 0 Å². The molecule has 3 aromatic rings. The van der Waals surface area contributed by atoms with Crippen LogP contribution in [0.4, 0.5) is 5.69 Å². The van der Waals surface area contributed by atoms with Crippen molar-refractivity contribution in [1.82, 2.24) is 20.2 Å². The minimum absolute atomic E-state index is 0.0170. The summed E-state index contributed by atoms with van der Waals surface area (Å²) in [5, 5.41) is 23.0. The third-order valence-corrected chi connectivity index (χ3v) is 3.37. The molecular formula is C16H15N5O4. The Labute approximate surface area is 143 Å². The van der Waals surface area contributed by atoms with Gasteiger partial charge in [-0.1, -0.05) is 18.2 Å². The summed E-state index contributed by atoms with van der Waals surface area (Å²) in [6.07, 6.45) is 0. The van der Waals surface area contributed by atoms with E-state index in [0.29, 0.717) is 23.9 Å². The summed E-state index contributed by atoms with van der Waals surface area (Å²) in [7, 11) is 1.59. The summed E-state index contributed by atoms with van der Waals surface area (Å²) in [6, 6.07) is 13.4. The van der Waals surface area contributed by atoms with Gasteiger partial charge in [0.05, 0.1) is 24.6 Å². The van der Waals surface area contributed by atoms with Crippen LogP contribution in [0.5, 0.6) is 11.5 Å². The second-order valence-electron chi connectivity index (χ2n) is 5.04. The highest BCUT2D eigenvalue weighted by Gasteiger charge is 2.08. The molecular weight excluding hydrogens is 326 g/mol. The number of hydrogen-bond acceptors (Lipinski definition) is 7. The molecule has 0 saturated heterocycles. The number of nitrogens with zero attached hydrogens (tertiary/aromatic N) is 5. The number of aromatic nitrogens is 4. The van der Waals surface area contributed by atoms with Crippen LogP contribution in [0.25, 0.3) is 11.4 Å². The Morgan fingerprint density at radius 3 is 2.76 bits per heavy atom. The molecule has 128 valence electrons. The fraction of sp³-hybridized carbons (Fsp3) is 0.188. The van der Waals surface area contributed by atoms with E-state index < -0.39 is 4.92 Å². The number of benzene rings is 2. The molecule has 0 atom stereocenters. The van der Waals surface area contributed by atoms with Crippen LogP contribution in [0.1, 0.15) is 0 Å². The maximum atomic E-state index is 10.7. The number of non-ortho nitro benzene ring substituents is 1. The zero-order valence-electron chi connectivity index (χ0n) is 13.4. The molecule has 0 aliphatic heterocycles. The molecule has 1 heterocycles. The molecule has 1 aromatic heterocycles. The van der Waals surface area contributed by atoms with E-state index in [4.69, 9.17) is 9.47 Å². The minimum atomic E-state index is -0.466. The zero-order valence-corrected chi connectivity index (χ0v) is 13.4. The highest BCUT2D eigenvalue weighted by molar-refractivity contribution is 5.56. The van der Waals surface area contributed by atoms with Crippen LogP contribution in [0.2, 0.25) is 0 Å². The summed E-state index contributed by atoms with van der Waals surface area (Å²) in [5.74, 6) is 1.61. The van der Waals surface area contributed by atoms with Gasteiger partial charge in [0.2, 0.25) is 5.82 Å². The summed E-state index contributed by atoms with van der Waals surface area (Å²) in [5.41, 5.74) is 0.780. The summed E-state index contributed by atoms with van der Waals surface area (Å²) >= 11 is 0. The van der Waals surface area contributed by atoms with Crippen LogP contribution in [0, 0.1) is 10.1 Å². The Kier molecular flexibility index (Phi) is 4.84. The average molecular weight is 341 g/mol. The van der Waals surface area contributed by atoms with Gasteiger partial charge in [-0.25, -0.2) is 0 Å². The minimum Gasteiger partial charge on any atom is -0.497 e. The standard InChI is InChI=1S/C16H15N5O4/c1-24-14-6-2-4-12(10-14)16-17-19-20(18-16)8-9-25-15-7-3-5-13(11-15)21(22)23/h2-7,10-11H,8-9H2,1H3. The predicted molar refractivity (Wildman–Crippen MR) is 88.4 cm³/mol. The van der Waals surface area contributed by atoms with Gasteiger partial charge in [-0.15, -0.1) is 10.2 Å². The predicted octanol–water partition coefficient (Wildman–Crippen LogP) is 2.34. The van der Waals surface area contributed by atoms with E-state index in [1.165, 1.54) is 16.9 Å². The van der Waals surface area contributed by atoms with Crippen molar-refractivity contribution in [3.63, 3.8) is 0 Å². The van der Waals surface area contributed by atoms with Crippen LogP contribution in [0.3, 0.4) is 0 Å². The maximum absolute atomic E-state index is 10.7. The Morgan fingerprint density at radius 1 is 1.16 bits per heavy atom. The lowest BCUT2D eigenvalue weighted by molar-refractivity contribution is -0.384. The van der Waals surface area contributed by atoms with Crippen molar-refractivity contribution in [3.8, 4) is 22.9 Å². The Bertz CT molecular complexity index is 880. The summed E-state index contributed by atoms with van der Waals surface area (Å²) in [6.45, 7) is 0.620. The summed E-state index contributed by atoms with van der Waals surface area (Å²) < 4.78 is 10.7. The Hall–Kier alpha value is -3.49. The molecule has 3 rings (SSSR count). The Morgan fingerprint density at radius 2 is 1.96 bits per heavy atom. The van der Waals surface area contributed by atoms with Crippen LogP contribution < -0.4 is 9.47 Å². The fourth-order valence-corrected chi connectivity index (χ4v) is 2.15. The van der Waals surface area contributed by atoms with Crippen molar-refractivity contribution < 1.29 is 14.4 Å². The SMILES string of the molecule is COc1cccc(-c2nnn(CCOc3cccc([N+](=O)[O-])c3)n2)c1. The fourth-order valence-electron chi connectivity index (χ4n) is 2.15. The largest absolute Gasteiger partial charge is 0.497 e. The number of rotatable bonds is 7. The van der Waals surface area contributed by atoms with Gasteiger partial charge in [-0.2, -0.15) is 4.80 Å². The van der Waals surface area contributed by atoms with Gasteiger partial charge >= 0.3 is 0 Å². The third kappa shape index (κ3) is 4.08. The monoisotopic (exact) mass is 341 g/mol. The lowest BCUT2D eigenvalue weighted by Gasteiger charge is -2.04. The molecule has 0 unspecified atom stereocenters. The molecule has 0 saturated carbocycles. The van der Waals surface area contributed by atoms with E-state index in [2.05, 4.69) is 15.4 Å².